The van der Waals surface area contributed by atoms with E-state index in [9.17, 15) is 0 Å². The number of hydrogen-bond donors (Lipinski definition) is 1. The molecule has 0 spiro atoms. The van der Waals surface area contributed by atoms with Crippen LogP contribution in [0, 0.1) is 0 Å². The van der Waals surface area contributed by atoms with Gasteiger partial charge >= 0.3 is 0 Å². The van der Waals surface area contributed by atoms with Crippen LogP contribution in [-0.4, -0.2) is 4.98 Å². The van der Waals surface area contributed by atoms with Crippen LogP contribution in [0.1, 0.15) is 17.2 Å². The highest BCUT2D eigenvalue weighted by Gasteiger charge is 2.02. The summed E-state index contributed by atoms with van der Waals surface area (Å²) in [6.07, 6.45) is 2.50. The van der Waals surface area contributed by atoms with Crippen molar-refractivity contribution in [3.05, 3.63) is 53.7 Å². The summed E-state index contributed by atoms with van der Waals surface area (Å²) < 4.78 is 5.40. The summed E-state index contributed by atoms with van der Waals surface area (Å²) in [5.41, 5.74) is 6.62. The van der Waals surface area contributed by atoms with Crippen molar-refractivity contribution >= 4 is 0 Å². The third-order valence-electron chi connectivity index (χ3n) is 2.00. The molecule has 0 unspecified atom stereocenters. The normalized spacial score (nSPS) is 10.4. The minimum atomic E-state index is 0.356. The zero-order chi connectivity index (χ0) is 9.80. The summed E-state index contributed by atoms with van der Waals surface area (Å²) in [6.45, 7) is 0.356. The SMILES string of the molecule is NCc1ncc(Cc2ccccc2)o1. The standard InChI is InChI=1S/C11H12N2O/c12-7-11-13-8-10(14-11)6-9-4-2-1-3-5-9/h1-5,8H,6-7,12H2. The molecule has 2 rings (SSSR count). The van der Waals surface area contributed by atoms with Crippen LogP contribution in [0.4, 0.5) is 0 Å². The fraction of sp³-hybridized carbons (Fsp3) is 0.182. The van der Waals surface area contributed by atoms with Gasteiger partial charge in [-0.2, -0.15) is 0 Å². The summed E-state index contributed by atoms with van der Waals surface area (Å²) in [5.74, 6) is 1.45. The lowest BCUT2D eigenvalue weighted by Crippen LogP contribution is -1.95. The highest BCUT2D eigenvalue weighted by Crippen LogP contribution is 2.10. The topological polar surface area (TPSA) is 52.0 Å². The lowest BCUT2D eigenvalue weighted by Gasteiger charge is -1.95. The highest BCUT2D eigenvalue weighted by atomic mass is 16.4. The smallest absolute Gasteiger partial charge is 0.208 e. The van der Waals surface area contributed by atoms with Crippen molar-refractivity contribution in [3.63, 3.8) is 0 Å². The fourth-order valence-electron chi connectivity index (χ4n) is 1.32. The number of aromatic nitrogens is 1. The van der Waals surface area contributed by atoms with Gasteiger partial charge in [0.05, 0.1) is 12.7 Å². The maximum atomic E-state index is 5.40. The third kappa shape index (κ3) is 2.00. The first-order chi connectivity index (χ1) is 6.88. The van der Waals surface area contributed by atoms with Crippen LogP contribution in [0.2, 0.25) is 0 Å². The van der Waals surface area contributed by atoms with E-state index in [2.05, 4.69) is 17.1 Å². The minimum Gasteiger partial charge on any atom is -0.444 e. The van der Waals surface area contributed by atoms with E-state index in [4.69, 9.17) is 10.2 Å². The van der Waals surface area contributed by atoms with Gasteiger partial charge in [-0.05, 0) is 5.56 Å². The maximum Gasteiger partial charge on any atom is 0.208 e. The molecular weight excluding hydrogens is 176 g/mol. The molecule has 72 valence electrons. The first-order valence-corrected chi connectivity index (χ1v) is 4.56. The van der Waals surface area contributed by atoms with Gasteiger partial charge in [-0.15, -0.1) is 0 Å². The Morgan fingerprint density at radius 3 is 2.64 bits per heavy atom. The lowest BCUT2D eigenvalue weighted by atomic mass is 10.1. The van der Waals surface area contributed by atoms with Gasteiger partial charge in [0.25, 0.3) is 0 Å². The second kappa shape index (κ2) is 4.07. The van der Waals surface area contributed by atoms with Crippen molar-refractivity contribution in [1.29, 1.82) is 0 Å². The molecule has 3 heteroatoms. The largest absolute Gasteiger partial charge is 0.444 e. The quantitative estimate of drug-likeness (QED) is 0.798. The molecule has 0 saturated carbocycles. The molecule has 1 aromatic carbocycles. The van der Waals surface area contributed by atoms with Crippen molar-refractivity contribution in [2.24, 2.45) is 5.73 Å². The molecular formula is C11H12N2O. The molecule has 0 saturated heterocycles. The van der Waals surface area contributed by atoms with Gasteiger partial charge in [0.15, 0.2) is 0 Å². The predicted octanol–water partition coefficient (Wildman–Crippen LogP) is 1.72. The summed E-state index contributed by atoms with van der Waals surface area (Å²) >= 11 is 0. The minimum absolute atomic E-state index is 0.356. The van der Waals surface area contributed by atoms with Crippen molar-refractivity contribution in [1.82, 2.24) is 4.98 Å². The Balaban J connectivity index is 2.11. The molecule has 0 aliphatic rings. The number of nitrogens with zero attached hydrogens (tertiary/aromatic N) is 1. The Labute approximate surface area is 82.6 Å². The van der Waals surface area contributed by atoms with Gasteiger partial charge in [-0.25, -0.2) is 4.98 Å². The van der Waals surface area contributed by atoms with E-state index < -0.39 is 0 Å². The van der Waals surface area contributed by atoms with Crippen LogP contribution in [0.25, 0.3) is 0 Å². The fourth-order valence-corrected chi connectivity index (χ4v) is 1.32. The molecule has 0 atom stereocenters. The van der Waals surface area contributed by atoms with Gasteiger partial charge in [-0.3, -0.25) is 0 Å². The Morgan fingerprint density at radius 1 is 1.21 bits per heavy atom. The molecule has 2 N–H and O–H groups in total. The van der Waals surface area contributed by atoms with Gasteiger partial charge in [0.2, 0.25) is 5.89 Å². The molecule has 0 bridgehead atoms. The summed E-state index contributed by atoms with van der Waals surface area (Å²) in [5, 5.41) is 0. The molecule has 1 heterocycles. The molecule has 0 amide bonds. The van der Waals surface area contributed by atoms with Crippen LogP contribution < -0.4 is 5.73 Å². The van der Waals surface area contributed by atoms with Crippen LogP contribution in [0.3, 0.4) is 0 Å². The van der Waals surface area contributed by atoms with Crippen LogP contribution in [0.5, 0.6) is 0 Å². The summed E-state index contributed by atoms with van der Waals surface area (Å²) in [7, 11) is 0. The Kier molecular flexibility index (Phi) is 2.60. The Morgan fingerprint density at radius 2 is 2.00 bits per heavy atom. The second-order valence-electron chi connectivity index (χ2n) is 3.09. The van der Waals surface area contributed by atoms with Crippen molar-refractivity contribution in [3.8, 4) is 0 Å². The summed E-state index contributed by atoms with van der Waals surface area (Å²) in [6, 6.07) is 10.1. The van der Waals surface area contributed by atoms with Gasteiger partial charge in [0, 0.05) is 6.42 Å². The van der Waals surface area contributed by atoms with E-state index in [1.54, 1.807) is 6.20 Å². The maximum absolute atomic E-state index is 5.40. The number of rotatable bonds is 3. The molecule has 0 aliphatic carbocycles. The first-order valence-electron chi connectivity index (χ1n) is 4.56. The monoisotopic (exact) mass is 188 g/mol. The molecule has 0 aliphatic heterocycles. The molecule has 2 aromatic rings. The van der Waals surface area contributed by atoms with E-state index in [-0.39, 0.29) is 0 Å². The van der Waals surface area contributed by atoms with E-state index in [1.165, 1.54) is 5.56 Å². The predicted molar refractivity (Wildman–Crippen MR) is 53.6 cm³/mol. The van der Waals surface area contributed by atoms with Crippen LogP contribution >= 0.6 is 0 Å². The molecule has 1 aromatic heterocycles. The van der Waals surface area contributed by atoms with Crippen LogP contribution in [-0.2, 0) is 13.0 Å². The second-order valence-corrected chi connectivity index (χ2v) is 3.09. The first kappa shape index (κ1) is 8.97. The average Bonchev–Trinajstić information content (AvgIpc) is 2.67. The van der Waals surface area contributed by atoms with Crippen LogP contribution in [0.15, 0.2) is 40.9 Å². The molecule has 3 nitrogen and oxygen atoms in total. The van der Waals surface area contributed by atoms with Gasteiger partial charge in [0.1, 0.15) is 5.76 Å². The Hall–Kier alpha value is -1.61. The third-order valence-corrected chi connectivity index (χ3v) is 2.00. The molecule has 0 radical (unpaired) electrons. The van der Waals surface area contributed by atoms with E-state index in [0.29, 0.717) is 12.4 Å². The van der Waals surface area contributed by atoms with Gasteiger partial charge < -0.3 is 10.2 Å². The molecule has 0 fully saturated rings. The van der Waals surface area contributed by atoms with Crippen molar-refractivity contribution in [2.45, 2.75) is 13.0 Å². The number of hydrogen-bond acceptors (Lipinski definition) is 3. The molecule has 14 heavy (non-hydrogen) atoms. The highest BCUT2D eigenvalue weighted by molar-refractivity contribution is 5.19. The van der Waals surface area contributed by atoms with E-state index >= 15 is 0 Å². The van der Waals surface area contributed by atoms with E-state index in [0.717, 1.165) is 12.2 Å². The van der Waals surface area contributed by atoms with Crippen molar-refractivity contribution < 1.29 is 4.42 Å². The lowest BCUT2D eigenvalue weighted by molar-refractivity contribution is 0.464. The number of benzene rings is 1. The zero-order valence-electron chi connectivity index (χ0n) is 7.81. The van der Waals surface area contributed by atoms with Gasteiger partial charge in [-0.1, -0.05) is 30.3 Å². The van der Waals surface area contributed by atoms with E-state index in [1.807, 2.05) is 18.2 Å². The number of nitrogens with two attached hydrogens (primary N) is 1. The Bertz CT molecular complexity index is 395. The zero-order valence-corrected chi connectivity index (χ0v) is 7.81. The average molecular weight is 188 g/mol. The van der Waals surface area contributed by atoms with Crippen molar-refractivity contribution in [2.75, 3.05) is 0 Å². The summed E-state index contributed by atoms with van der Waals surface area (Å²) in [4.78, 5) is 4.04. The number of oxazole rings is 1.